The van der Waals surface area contributed by atoms with Gasteiger partial charge in [0.25, 0.3) is 0 Å². The Kier molecular flexibility index (Phi) is 6.74. The van der Waals surface area contributed by atoms with E-state index >= 15 is 0 Å². The van der Waals surface area contributed by atoms with Crippen LogP contribution < -0.4 is 15.1 Å². The highest BCUT2D eigenvalue weighted by Crippen LogP contribution is 2.26. The number of anilines is 4. The molecule has 32 heavy (non-hydrogen) atoms. The summed E-state index contributed by atoms with van der Waals surface area (Å²) in [4.78, 5) is 16.2. The number of rotatable bonds is 6. The van der Waals surface area contributed by atoms with Crippen LogP contribution in [-0.2, 0) is 6.54 Å². The molecule has 0 aliphatic carbocycles. The van der Waals surface area contributed by atoms with Crippen molar-refractivity contribution in [2.75, 3.05) is 55.4 Å². The number of hydrogen-bond acceptors (Lipinski definition) is 7. The van der Waals surface area contributed by atoms with Crippen LogP contribution in [0.3, 0.4) is 0 Å². The molecule has 7 nitrogen and oxygen atoms in total. The maximum absolute atomic E-state index is 9.09. The molecule has 1 fully saturated rings. The molecule has 1 saturated heterocycles. The summed E-state index contributed by atoms with van der Waals surface area (Å²) in [7, 11) is 3.93. The molecule has 0 unspecified atom stereocenters. The van der Waals surface area contributed by atoms with E-state index in [0.717, 1.165) is 44.2 Å². The van der Waals surface area contributed by atoms with Crippen LogP contribution in [0.4, 0.5) is 23.3 Å². The second-order valence-electron chi connectivity index (χ2n) is 7.99. The summed E-state index contributed by atoms with van der Waals surface area (Å²) in [5.41, 5.74) is 2.55. The van der Waals surface area contributed by atoms with Crippen LogP contribution in [0.1, 0.15) is 11.1 Å². The van der Waals surface area contributed by atoms with Gasteiger partial charge in [-0.3, -0.25) is 4.90 Å². The molecular weight excluding hydrogens is 422 g/mol. The van der Waals surface area contributed by atoms with Crippen LogP contribution in [0.15, 0.2) is 54.6 Å². The van der Waals surface area contributed by atoms with Crippen LogP contribution in [0.5, 0.6) is 0 Å². The summed E-state index contributed by atoms with van der Waals surface area (Å²) in [5.74, 6) is 2.22. The van der Waals surface area contributed by atoms with Gasteiger partial charge in [0, 0.05) is 58.6 Å². The maximum atomic E-state index is 9.09. The highest BCUT2D eigenvalue weighted by Gasteiger charge is 2.20. The van der Waals surface area contributed by atoms with Gasteiger partial charge >= 0.3 is 0 Å². The quantitative estimate of drug-likeness (QED) is 0.609. The monoisotopic (exact) mass is 447 g/mol. The maximum Gasteiger partial charge on any atom is 0.229 e. The van der Waals surface area contributed by atoms with E-state index in [0.29, 0.717) is 22.4 Å². The molecule has 3 aromatic rings. The second kappa shape index (κ2) is 9.86. The van der Waals surface area contributed by atoms with Crippen molar-refractivity contribution in [3.8, 4) is 6.07 Å². The van der Waals surface area contributed by atoms with E-state index in [1.165, 1.54) is 5.56 Å². The summed E-state index contributed by atoms with van der Waals surface area (Å²) in [6.07, 6.45) is 0. The first-order valence-electron chi connectivity index (χ1n) is 10.6. The molecule has 1 aliphatic heterocycles. The van der Waals surface area contributed by atoms with E-state index in [2.05, 4.69) is 45.5 Å². The Morgan fingerprint density at radius 1 is 1.03 bits per heavy atom. The van der Waals surface area contributed by atoms with Gasteiger partial charge in [-0.2, -0.15) is 15.2 Å². The van der Waals surface area contributed by atoms with Gasteiger partial charge in [-0.25, -0.2) is 0 Å². The molecule has 2 aromatic carbocycles. The molecular formula is C24H26ClN7. The first-order chi connectivity index (χ1) is 15.5. The minimum absolute atomic E-state index is 0.411. The molecule has 0 spiro atoms. The van der Waals surface area contributed by atoms with E-state index in [-0.39, 0.29) is 0 Å². The third kappa shape index (κ3) is 5.28. The Hall–Kier alpha value is -3.34. The lowest BCUT2D eigenvalue weighted by Crippen LogP contribution is -2.46. The van der Waals surface area contributed by atoms with Crippen LogP contribution in [0.2, 0.25) is 5.02 Å². The topological polar surface area (TPSA) is 71.3 Å². The summed E-state index contributed by atoms with van der Waals surface area (Å²) >= 11 is 6.19. The fraction of sp³-hybridized carbons (Fsp3) is 0.292. The van der Waals surface area contributed by atoms with Crippen LogP contribution >= 0.6 is 11.6 Å². The number of aromatic nitrogens is 2. The summed E-state index contributed by atoms with van der Waals surface area (Å²) < 4.78 is 0. The van der Waals surface area contributed by atoms with Crippen molar-refractivity contribution in [2.24, 2.45) is 0 Å². The zero-order valence-electron chi connectivity index (χ0n) is 18.3. The van der Waals surface area contributed by atoms with Gasteiger partial charge in [0.05, 0.1) is 10.6 Å². The zero-order chi connectivity index (χ0) is 22.5. The Morgan fingerprint density at radius 2 is 1.78 bits per heavy atom. The van der Waals surface area contributed by atoms with Crippen molar-refractivity contribution in [1.82, 2.24) is 14.9 Å². The van der Waals surface area contributed by atoms with Gasteiger partial charge in [0.15, 0.2) is 0 Å². The molecule has 0 bridgehead atoms. The van der Waals surface area contributed by atoms with Gasteiger partial charge in [-0.15, -0.1) is 0 Å². The minimum Gasteiger partial charge on any atom is -0.363 e. The molecule has 1 N–H and O–H groups in total. The van der Waals surface area contributed by atoms with Crippen molar-refractivity contribution in [2.45, 2.75) is 6.54 Å². The third-order valence-corrected chi connectivity index (χ3v) is 5.74. The van der Waals surface area contributed by atoms with Crippen molar-refractivity contribution in [3.63, 3.8) is 0 Å². The fourth-order valence-electron chi connectivity index (χ4n) is 3.64. The SMILES string of the molecule is CN(C)c1cc(Nc2ccc(C#N)c(Cl)c2)nc(N2CCN(Cc3ccccc3)CC2)n1. The highest BCUT2D eigenvalue weighted by molar-refractivity contribution is 6.32. The molecule has 164 valence electrons. The largest absolute Gasteiger partial charge is 0.363 e. The molecule has 1 aromatic heterocycles. The summed E-state index contributed by atoms with van der Waals surface area (Å²) in [6, 6.07) is 19.8. The normalized spacial score (nSPS) is 14.1. The lowest BCUT2D eigenvalue weighted by atomic mass is 10.2. The van der Waals surface area contributed by atoms with Crippen molar-refractivity contribution >= 4 is 34.9 Å². The van der Waals surface area contributed by atoms with E-state index < -0.39 is 0 Å². The average molecular weight is 448 g/mol. The highest BCUT2D eigenvalue weighted by atomic mass is 35.5. The molecule has 2 heterocycles. The number of hydrogen-bond donors (Lipinski definition) is 1. The van der Waals surface area contributed by atoms with E-state index in [9.17, 15) is 0 Å². The summed E-state index contributed by atoms with van der Waals surface area (Å²) in [6.45, 7) is 4.61. The Bertz CT molecular complexity index is 1100. The second-order valence-corrected chi connectivity index (χ2v) is 8.39. The van der Waals surface area contributed by atoms with Gasteiger partial charge < -0.3 is 15.1 Å². The molecule has 0 atom stereocenters. The predicted octanol–water partition coefficient (Wildman–Crippen LogP) is 4.13. The average Bonchev–Trinajstić information content (AvgIpc) is 2.80. The Morgan fingerprint density at radius 3 is 2.44 bits per heavy atom. The van der Waals surface area contributed by atoms with Crippen LogP contribution in [0, 0.1) is 11.3 Å². The van der Waals surface area contributed by atoms with Crippen molar-refractivity contribution in [3.05, 3.63) is 70.7 Å². The fourth-order valence-corrected chi connectivity index (χ4v) is 3.86. The minimum atomic E-state index is 0.411. The molecule has 1 aliphatic rings. The molecule has 0 saturated carbocycles. The van der Waals surface area contributed by atoms with Crippen LogP contribution in [-0.4, -0.2) is 55.1 Å². The molecule has 4 rings (SSSR count). The first kappa shape index (κ1) is 21.9. The predicted molar refractivity (Wildman–Crippen MR) is 130 cm³/mol. The number of nitriles is 1. The number of halogens is 1. The van der Waals surface area contributed by atoms with Gasteiger partial charge in [0.2, 0.25) is 5.95 Å². The number of nitrogens with one attached hydrogen (secondary N) is 1. The lowest BCUT2D eigenvalue weighted by Gasteiger charge is -2.35. The zero-order valence-corrected chi connectivity index (χ0v) is 19.0. The van der Waals surface area contributed by atoms with Gasteiger partial charge in [-0.1, -0.05) is 41.9 Å². The molecule has 0 amide bonds. The van der Waals surface area contributed by atoms with Crippen molar-refractivity contribution in [1.29, 1.82) is 5.26 Å². The van der Waals surface area contributed by atoms with Crippen molar-refractivity contribution < 1.29 is 0 Å². The van der Waals surface area contributed by atoms with Crippen LogP contribution in [0.25, 0.3) is 0 Å². The van der Waals surface area contributed by atoms with E-state index in [1.807, 2.05) is 37.2 Å². The van der Waals surface area contributed by atoms with Gasteiger partial charge in [0.1, 0.15) is 17.7 Å². The number of piperazine rings is 1. The molecule has 0 radical (unpaired) electrons. The first-order valence-corrected chi connectivity index (χ1v) is 10.9. The standard InChI is InChI=1S/C24H26ClN7/c1-30(2)23-15-22(27-20-9-8-19(16-26)21(25)14-20)28-24(29-23)32-12-10-31(11-13-32)17-18-6-4-3-5-7-18/h3-9,14-15H,10-13,17H2,1-2H3,(H,27,28,29). The smallest absolute Gasteiger partial charge is 0.229 e. The Balaban J connectivity index is 1.48. The third-order valence-electron chi connectivity index (χ3n) is 5.43. The molecule has 8 heteroatoms. The summed E-state index contributed by atoms with van der Waals surface area (Å²) in [5, 5.41) is 12.8. The van der Waals surface area contributed by atoms with E-state index in [1.54, 1.807) is 12.1 Å². The van der Waals surface area contributed by atoms with Gasteiger partial charge in [-0.05, 0) is 23.8 Å². The number of nitrogens with zero attached hydrogens (tertiary/aromatic N) is 6. The Labute approximate surface area is 193 Å². The lowest BCUT2D eigenvalue weighted by molar-refractivity contribution is 0.249. The number of benzene rings is 2. The van der Waals surface area contributed by atoms with E-state index in [4.69, 9.17) is 26.8 Å².